The van der Waals surface area contributed by atoms with E-state index in [2.05, 4.69) is 10.4 Å². The Morgan fingerprint density at radius 1 is 1.35 bits per heavy atom. The standard InChI is InChI=1S/C14H15N3O3/c18-14(9-17-7-3-6-16-17)15-8-11-10-19-12-4-1-2-5-13(12)20-11/h1-7,11H,8-10H2,(H,15,18). The molecule has 1 N–H and O–H groups in total. The Bertz CT molecular complexity index is 583. The van der Waals surface area contributed by atoms with Crippen molar-refractivity contribution < 1.29 is 14.3 Å². The third kappa shape index (κ3) is 2.90. The molecule has 1 aliphatic rings. The molecule has 3 rings (SSSR count). The normalized spacial score (nSPS) is 16.7. The van der Waals surface area contributed by atoms with E-state index < -0.39 is 0 Å². The van der Waals surface area contributed by atoms with E-state index in [0.717, 1.165) is 5.75 Å². The lowest BCUT2D eigenvalue weighted by Crippen LogP contribution is -2.41. The third-order valence-electron chi connectivity index (χ3n) is 2.96. The molecule has 20 heavy (non-hydrogen) atoms. The largest absolute Gasteiger partial charge is 0.486 e. The van der Waals surface area contributed by atoms with Crippen LogP contribution in [0.4, 0.5) is 0 Å². The molecule has 1 atom stereocenters. The molecule has 1 aromatic heterocycles. The quantitative estimate of drug-likeness (QED) is 0.896. The van der Waals surface area contributed by atoms with Crippen LogP contribution in [0.3, 0.4) is 0 Å². The number of benzene rings is 1. The fraction of sp³-hybridized carbons (Fsp3) is 0.286. The lowest BCUT2D eigenvalue weighted by atomic mass is 10.2. The predicted molar refractivity (Wildman–Crippen MR) is 71.6 cm³/mol. The lowest BCUT2D eigenvalue weighted by Gasteiger charge is -2.26. The second kappa shape index (κ2) is 5.64. The van der Waals surface area contributed by atoms with Gasteiger partial charge >= 0.3 is 0 Å². The summed E-state index contributed by atoms with van der Waals surface area (Å²) in [6, 6.07) is 9.28. The number of ether oxygens (including phenoxy) is 2. The number of nitrogens with zero attached hydrogens (tertiary/aromatic N) is 2. The maximum Gasteiger partial charge on any atom is 0.241 e. The maximum absolute atomic E-state index is 11.7. The van der Waals surface area contributed by atoms with Crippen LogP contribution in [0.25, 0.3) is 0 Å². The molecular formula is C14H15N3O3. The number of hydrogen-bond donors (Lipinski definition) is 1. The fourth-order valence-electron chi connectivity index (χ4n) is 1.99. The van der Waals surface area contributed by atoms with Crippen molar-refractivity contribution >= 4 is 5.91 Å². The van der Waals surface area contributed by atoms with Gasteiger partial charge in [0.05, 0.1) is 6.54 Å². The molecule has 104 valence electrons. The SMILES string of the molecule is O=C(Cn1cccn1)NCC1COc2ccccc2O1. The Kier molecular flexibility index (Phi) is 3.54. The van der Waals surface area contributed by atoms with Gasteiger partial charge in [0.15, 0.2) is 11.5 Å². The molecule has 0 aliphatic carbocycles. The van der Waals surface area contributed by atoms with Crippen molar-refractivity contribution in [3.63, 3.8) is 0 Å². The Balaban J connectivity index is 1.49. The topological polar surface area (TPSA) is 65.4 Å². The second-order valence-corrected chi connectivity index (χ2v) is 4.51. The average Bonchev–Trinajstić information content (AvgIpc) is 2.98. The minimum Gasteiger partial charge on any atom is -0.486 e. The molecule has 2 aromatic rings. The van der Waals surface area contributed by atoms with Crippen molar-refractivity contribution in [3.8, 4) is 11.5 Å². The molecule has 6 nitrogen and oxygen atoms in total. The molecule has 0 radical (unpaired) electrons. The first kappa shape index (κ1) is 12.5. The minimum absolute atomic E-state index is 0.101. The van der Waals surface area contributed by atoms with Gasteiger partial charge in [-0.05, 0) is 18.2 Å². The minimum atomic E-state index is -0.175. The summed E-state index contributed by atoms with van der Waals surface area (Å²) in [6.07, 6.45) is 3.21. The van der Waals surface area contributed by atoms with Crippen LogP contribution in [0.1, 0.15) is 0 Å². The Hall–Kier alpha value is -2.50. The summed E-state index contributed by atoms with van der Waals surface area (Å²) in [4.78, 5) is 11.7. The van der Waals surface area contributed by atoms with Gasteiger partial charge in [-0.2, -0.15) is 5.10 Å². The van der Waals surface area contributed by atoms with Gasteiger partial charge in [-0.15, -0.1) is 0 Å². The number of carbonyl (C=O) groups is 1. The van der Waals surface area contributed by atoms with E-state index in [4.69, 9.17) is 9.47 Å². The molecule has 1 amide bonds. The van der Waals surface area contributed by atoms with Crippen molar-refractivity contribution in [3.05, 3.63) is 42.7 Å². The molecule has 0 saturated heterocycles. The Morgan fingerprint density at radius 2 is 2.20 bits per heavy atom. The highest BCUT2D eigenvalue weighted by Crippen LogP contribution is 2.30. The van der Waals surface area contributed by atoms with Gasteiger partial charge in [-0.3, -0.25) is 9.48 Å². The summed E-state index contributed by atoms with van der Waals surface area (Å²) in [5.41, 5.74) is 0. The first-order valence-electron chi connectivity index (χ1n) is 6.44. The van der Waals surface area contributed by atoms with Crippen molar-refractivity contribution in [2.24, 2.45) is 0 Å². The van der Waals surface area contributed by atoms with Crippen molar-refractivity contribution in [1.29, 1.82) is 0 Å². The maximum atomic E-state index is 11.7. The van der Waals surface area contributed by atoms with E-state index >= 15 is 0 Å². The molecular weight excluding hydrogens is 258 g/mol. The summed E-state index contributed by atoms with van der Waals surface area (Å²) in [5.74, 6) is 1.35. The zero-order valence-corrected chi connectivity index (χ0v) is 10.9. The van der Waals surface area contributed by atoms with E-state index in [1.165, 1.54) is 0 Å². The van der Waals surface area contributed by atoms with Crippen LogP contribution < -0.4 is 14.8 Å². The highest BCUT2D eigenvalue weighted by Gasteiger charge is 2.20. The molecule has 0 fully saturated rings. The summed E-state index contributed by atoms with van der Waals surface area (Å²) in [7, 11) is 0. The Labute approximate surface area is 116 Å². The van der Waals surface area contributed by atoms with E-state index in [0.29, 0.717) is 18.9 Å². The van der Waals surface area contributed by atoms with Gasteiger partial charge in [-0.1, -0.05) is 12.1 Å². The molecule has 0 saturated carbocycles. The van der Waals surface area contributed by atoms with Gasteiger partial charge in [0.25, 0.3) is 0 Å². The van der Waals surface area contributed by atoms with Crippen LogP contribution in [0.5, 0.6) is 11.5 Å². The number of hydrogen-bond acceptors (Lipinski definition) is 4. The molecule has 1 unspecified atom stereocenters. The van der Waals surface area contributed by atoms with Crippen molar-refractivity contribution in [1.82, 2.24) is 15.1 Å². The number of para-hydroxylation sites is 2. The zero-order chi connectivity index (χ0) is 13.8. The predicted octanol–water partition coefficient (Wildman–Crippen LogP) is 0.839. The summed E-state index contributed by atoms with van der Waals surface area (Å²) in [5, 5.41) is 6.80. The van der Waals surface area contributed by atoms with Crippen LogP contribution >= 0.6 is 0 Å². The molecule has 2 heterocycles. The van der Waals surface area contributed by atoms with Crippen molar-refractivity contribution in [2.75, 3.05) is 13.2 Å². The number of amides is 1. The monoisotopic (exact) mass is 273 g/mol. The summed E-state index contributed by atoms with van der Waals surface area (Å²) >= 11 is 0. The molecule has 0 spiro atoms. The van der Waals surface area contributed by atoms with Gasteiger partial charge in [0, 0.05) is 12.4 Å². The highest BCUT2D eigenvalue weighted by atomic mass is 16.6. The molecule has 0 bridgehead atoms. The summed E-state index contributed by atoms with van der Waals surface area (Å²) < 4.78 is 12.9. The Morgan fingerprint density at radius 3 is 3.00 bits per heavy atom. The van der Waals surface area contributed by atoms with Crippen molar-refractivity contribution in [2.45, 2.75) is 12.6 Å². The highest BCUT2D eigenvalue weighted by molar-refractivity contribution is 5.75. The first-order chi connectivity index (χ1) is 9.81. The zero-order valence-electron chi connectivity index (χ0n) is 10.9. The molecule has 1 aliphatic heterocycles. The van der Waals surface area contributed by atoms with Gasteiger partial charge < -0.3 is 14.8 Å². The smallest absolute Gasteiger partial charge is 0.241 e. The number of aromatic nitrogens is 2. The van der Waals surface area contributed by atoms with Gasteiger partial charge in [-0.25, -0.2) is 0 Å². The average molecular weight is 273 g/mol. The fourth-order valence-corrected chi connectivity index (χ4v) is 1.99. The molecule has 6 heteroatoms. The van der Waals surface area contributed by atoms with E-state index in [1.54, 1.807) is 23.1 Å². The van der Waals surface area contributed by atoms with Crippen LogP contribution in [0.15, 0.2) is 42.7 Å². The summed E-state index contributed by atoms with van der Waals surface area (Å²) in [6.45, 7) is 1.05. The van der Waals surface area contributed by atoms with Gasteiger partial charge in [0.2, 0.25) is 5.91 Å². The van der Waals surface area contributed by atoms with Crippen LogP contribution in [0, 0.1) is 0 Å². The van der Waals surface area contributed by atoms with Gasteiger partial charge in [0.1, 0.15) is 19.3 Å². The van der Waals surface area contributed by atoms with E-state index in [1.807, 2.05) is 24.3 Å². The molecule has 1 aromatic carbocycles. The first-order valence-corrected chi connectivity index (χ1v) is 6.44. The van der Waals surface area contributed by atoms with Crippen LogP contribution in [-0.4, -0.2) is 34.9 Å². The number of carbonyl (C=O) groups excluding carboxylic acids is 1. The van der Waals surface area contributed by atoms with E-state index in [9.17, 15) is 4.79 Å². The third-order valence-corrected chi connectivity index (χ3v) is 2.96. The van der Waals surface area contributed by atoms with Crippen LogP contribution in [-0.2, 0) is 11.3 Å². The number of rotatable bonds is 4. The van der Waals surface area contributed by atoms with E-state index in [-0.39, 0.29) is 18.6 Å². The number of nitrogens with one attached hydrogen (secondary N) is 1. The van der Waals surface area contributed by atoms with Crippen LogP contribution in [0.2, 0.25) is 0 Å². The number of fused-ring (bicyclic) bond motifs is 1. The lowest BCUT2D eigenvalue weighted by molar-refractivity contribution is -0.122. The second-order valence-electron chi connectivity index (χ2n) is 4.51.